The number of hydrogen-bond acceptors (Lipinski definition) is 5. The van der Waals surface area contributed by atoms with E-state index < -0.39 is 5.60 Å². The van der Waals surface area contributed by atoms with Gasteiger partial charge in [-0.3, -0.25) is 14.5 Å². The molecule has 0 saturated carbocycles. The fourth-order valence-corrected chi connectivity index (χ4v) is 2.63. The van der Waals surface area contributed by atoms with Crippen LogP contribution in [0.2, 0.25) is 0 Å². The highest BCUT2D eigenvalue weighted by Gasteiger charge is 2.22. The Hall–Kier alpha value is -1.10. The summed E-state index contributed by atoms with van der Waals surface area (Å²) in [6, 6.07) is 0.157. The molecular weight excluding hydrogens is 461 g/mol. The SMILES string of the molecule is CCNC(=NCC(=O)OC(C)(C)C)N1CCN(CC(=O)NC(C)C)CC1.I. The number of carbonyl (C=O) groups excluding carboxylic acids is 2. The van der Waals surface area contributed by atoms with Gasteiger partial charge in [-0.05, 0) is 41.5 Å². The predicted molar refractivity (Wildman–Crippen MR) is 119 cm³/mol. The van der Waals surface area contributed by atoms with Crippen LogP contribution in [0.3, 0.4) is 0 Å². The van der Waals surface area contributed by atoms with E-state index in [0.717, 1.165) is 32.7 Å². The molecule has 0 aromatic heterocycles. The standard InChI is InChI=1S/C18H35N5O3.HI/c1-7-19-17(20-12-16(25)26-18(4,5)6)23-10-8-22(9-11-23)13-15(24)21-14(2)3;/h14H,7-13H2,1-6H3,(H,19,20)(H,21,24);1H. The van der Waals surface area contributed by atoms with E-state index in [4.69, 9.17) is 4.74 Å². The van der Waals surface area contributed by atoms with E-state index >= 15 is 0 Å². The Bertz CT molecular complexity index is 498. The second-order valence-corrected chi connectivity index (χ2v) is 7.74. The quantitative estimate of drug-likeness (QED) is 0.247. The number of aliphatic imine (C=N–C) groups is 1. The average Bonchev–Trinajstić information content (AvgIpc) is 2.49. The second-order valence-electron chi connectivity index (χ2n) is 7.74. The highest BCUT2D eigenvalue weighted by molar-refractivity contribution is 14.0. The van der Waals surface area contributed by atoms with Gasteiger partial charge in [-0.15, -0.1) is 24.0 Å². The third-order valence-corrected chi connectivity index (χ3v) is 3.60. The Kier molecular flexibility index (Phi) is 11.9. The smallest absolute Gasteiger partial charge is 0.328 e. The largest absolute Gasteiger partial charge is 0.459 e. The van der Waals surface area contributed by atoms with E-state index in [-0.39, 0.29) is 48.4 Å². The van der Waals surface area contributed by atoms with E-state index in [9.17, 15) is 9.59 Å². The zero-order valence-corrected chi connectivity index (χ0v) is 19.8. The van der Waals surface area contributed by atoms with Gasteiger partial charge in [0.1, 0.15) is 12.1 Å². The second kappa shape index (κ2) is 12.4. The lowest BCUT2D eigenvalue weighted by molar-refractivity contribution is -0.152. The lowest BCUT2D eigenvalue weighted by atomic mass is 10.2. The molecule has 27 heavy (non-hydrogen) atoms. The van der Waals surface area contributed by atoms with Gasteiger partial charge in [0.25, 0.3) is 0 Å². The van der Waals surface area contributed by atoms with Crippen molar-refractivity contribution in [3.05, 3.63) is 0 Å². The summed E-state index contributed by atoms with van der Waals surface area (Å²) in [5, 5.41) is 6.14. The van der Waals surface area contributed by atoms with E-state index in [1.165, 1.54) is 0 Å². The summed E-state index contributed by atoms with van der Waals surface area (Å²) in [4.78, 5) is 32.4. The number of esters is 1. The number of nitrogens with one attached hydrogen (secondary N) is 2. The van der Waals surface area contributed by atoms with Crippen LogP contribution in [0, 0.1) is 0 Å². The fourth-order valence-electron chi connectivity index (χ4n) is 2.63. The summed E-state index contributed by atoms with van der Waals surface area (Å²) >= 11 is 0. The molecule has 158 valence electrons. The summed E-state index contributed by atoms with van der Waals surface area (Å²) in [5.41, 5.74) is -0.507. The molecule has 8 nitrogen and oxygen atoms in total. The molecule has 0 aromatic carbocycles. The first kappa shape index (κ1) is 25.9. The lowest BCUT2D eigenvalue weighted by Crippen LogP contribution is -2.54. The predicted octanol–water partition coefficient (Wildman–Crippen LogP) is 1.05. The van der Waals surface area contributed by atoms with Gasteiger partial charge in [0.15, 0.2) is 5.96 Å². The van der Waals surface area contributed by atoms with Gasteiger partial charge in [-0.1, -0.05) is 0 Å². The molecule has 0 unspecified atom stereocenters. The van der Waals surface area contributed by atoms with Crippen molar-refractivity contribution in [2.24, 2.45) is 4.99 Å². The molecule has 1 amide bonds. The normalized spacial score (nSPS) is 16.0. The summed E-state index contributed by atoms with van der Waals surface area (Å²) in [5.74, 6) is 0.431. The number of amides is 1. The van der Waals surface area contributed by atoms with Crippen molar-refractivity contribution in [3.8, 4) is 0 Å². The molecule has 0 atom stereocenters. The zero-order valence-electron chi connectivity index (χ0n) is 17.5. The Morgan fingerprint density at radius 2 is 1.74 bits per heavy atom. The molecule has 0 aromatic rings. The fraction of sp³-hybridized carbons (Fsp3) is 0.833. The first-order valence-corrected chi connectivity index (χ1v) is 9.37. The first-order chi connectivity index (χ1) is 12.1. The van der Waals surface area contributed by atoms with Crippen LogP contribution in [0.4, 0.5) is 0 Å². The number of ether oxygens (including phenoxy) is 1. The number of nitrogens with zero attached hydrogens (tertiary/aromatic N) is 3. The van der Waals surface area contributed by atoms with E-state index in [0.29, 0.717) is 12.5 Å². The molecule has 1 heterocycles. The average molecular weight is 497 g/mol. The van der Waals surface area contributed by atoms with Crippen LogP contribution in [-0.2, 0) is 14.3 Å². The van der Waals surface area contributed by atoms with Crippen LogP contribution in [0.15, 0.2) is 4.99 Å². The molecule has 0 aliphatic carbocycles. The van der Waals surface area contributed by atoms with Crippen molar-refractivity contribution in [2.45, 2.75) is 53.2 Å². The maximum Gasteiger partial charge on any atom is 0.328 e. The molecule has 0 bridgehead atoms. The van der Waals surface area contributed by atoms with Gasteiger partial charge >= 0.3 is 5.97 Å². The molecule has 1 fully saturated rings. The zero-order chi connectivity index (χ0) is 19.7. The minimum Gasteiger partial charge on any atom is -0.459 e. The van der Waals surface area contributed by atoms with Crippen LogP contribution >= 0.6 is 24.0 Å². The molecule has 9 heteroatoms. The summed E-state index contributed by atoms with van der Waals surface area (Å²) < 4.78 is 5.30. The lowest BCUT2D eigenvalue weighted by Gasteiger charge is -2.36. The topological polar surface area (TPSA) is 86.3 Å². The number of halogens is 1. The van der Waals surface area contributed by atoms with Crippen molar-refractivity contribution >= 4 is 41.8 Å². The maximum atomic E-state index is 11.9. The van der Waals surface area contributed by atoms with Crippen LogP contribution in [-0.4, -0.2) is 85.1 Å². The van der Waals surface area contributed by atoms with Gasteiger partial charge < -0.3 is 20.3 Å². The van der Waals surface area contributed by atoms with Crippen LogP contribution in [0.5, 0.6) is 0 Å². The van der Waals surface area contributed by atoms with Gasteiger partial charge in [-0.25, -0.2) is 4.99 Å². The molecule has 2 N–H and O–H groups in total. The number of rotatable bonds is 6. The minimum atomic E-state index is -0.507. The van der Waals surface area contributed by atoms with Crippen molar-refractivity contribution in [2.75, 3.05) is 45.8 Å². The molecule has 1 aliphatic heterocycles. The Labute approximate surface area is 180 Å². The van der Waals surface area contributed by atoms with Crippen molar-refractivity contribution in [1.82, 2.24) is 20.4 Å². The molecule has 0 spiro atoms. The highest BCUT2D eigenvalue weighted by atomic mass is 127. The van der Waals surface area contributed by atoms with Gasteiger partial charge in [0, 0.05) is 38.8 Å². The van der Waals surface area contributed by atoms with Gasteiger partial charge in [0.2, 0.25) is 5.91 Å². The third kappa shape index (κ3) is 11.4. The minimum absolute atomic E-state index is 0. The molecule has 1 saturated heterocycles. The highest BCUT2D eigenvalue weighted by Crippen LogP contribution is 2.07. The monoisotopic (exact) mass is 497 g/mol. The third-order valence-electron chi connectivity index (χ3n) is 3.60. The Morgan fingerprint density at radius 3 is 2.22 bits per heavy atom. The molecule has 1 aliphatic rings. The Balaban J connectivity index is 0.00000676. The summed E-state index contributed by atoms with van der Waals surface area (Å²) in [6.07, 6.45) is 0. The van der Waals surface area contributed by atoms with Crippen molar-refractivity contribution in [1.29, 1.82) is 0 Å². The first-order valence-electron chi connectivity index (χ1n) is 9.37. The van der Waals surface area contributed by atoms with Crippen LogP contribution in [0.1, 0.15) is 41.5 Å². The van der Waals surface area contributed by atoms with Gasteiger partial charge in [-0.2, -0.15) is 0 Å². The van der Waals surface area contributed by atoms with Crippen molar-refractivity contribution < 1.29 is 14.3 Å². The summed E-state index contributed by atoms with van der Waals surface area (Å²) in [6.45, 7) is 15.7. The number of carbonyl (C=O) groups is 2. The van der Waals surface area contributed by atoms with Crippen molar-refractivity contribution in [3.63, 3.8) is 0 Å². The Morgan fingerprint density at radius 1 is 1.15 bits per heavy atom. The van der Waals surface area contributed by atoms with E-state index in [2.05, 4.69) is 25.4 Å². The number of hydrogen-bond donors (Lipinski definition) is 2. The molecular formula is C18H36IN5O3. The van der Waals surface area contributed by atoms with Gasteiger partial charge in [0.05, 0.1) is 6.54 Å². The molecule has 1 rings (SSSR count). The van der Waals surface area contributed by atoms with E-state index in [1.54, 1.807) is 0 Å². The number of piperazine rings is 1. The van der Waals surface area contributed by atoms with Crippen LogP contribution < -0.4 is 10.6 Å². The number of guanidine groups is 1. The molecule has 0 radical (unpaired) electrons. The van der Waals surface area contributed by atoms with Crippen LogP contribution in [0.25, 0.3) is 0 Å². The maximum absolute atomic E-state index is 11.9. The summed E-state index contributed by atoms with van der Waals surface area (Å²) in [7, 11) is 0. The van der Waals surface area contributed by atoms with E-state index in [1.807, 2.05) is 41.5 Å².